The zero-order chi connectivity index (χ0) is 14.8. The number of unbranched alkanes of at least 4 members (excludes halogenated alkanes) is 3. The van der Waals surface area contributed by atoms with Gasteiger partial charge in [-0.1, -0.05) is 107 Å². The summed E-state index contributed by atoms with van der Waals surface area (Å²) in [4.78, 5) is 0. The summed E-state index contributed by atoms with van der Waals surface area (Å²) in [6, 6.07) is 8.23. The molecule has 20 heavy (non-hydrogen) atoms. The second-order valence-electron chi connectivity index (χ2n) is 5.59. The number of hydrogen-bond donors (Lipinski definition) is 0. The first-order valence-corrected chi connectivity index (χ1v) is 11.1. The third kappa shape index (κ3) is 6.90. The van der Waals surface area contributed by atoms with Crippen molar-refractivity contribution in [2.45, 2.75) is 62.7 Å². The molecular formula is C17H26Br2Si. The normalized spacial score (nSPS) is 12.6. The molecule has 0 heterocycles. The van der Waals surface area contributed by atoms with Crippen molar-refractivity contribution in [1.82, 2.24) is 0 Å². The molecule has 0 saturated carbocycles. The Balaban J connectivity index is 2.43. The average Bonchev–Trinajstić information content (AvgIpc) is 2.49. The maximum atomic E-state index is 3.61. The molecule has 3 heteroatoms. The maximum Gasteiger partial charge on any atom is 0.0815 e. The van der Waals surface area contributed by atoms with E-state index >= 15 is 0 Å². The molecule has 2 radical (unpaired) electrons. The molecule has 0 bridgehead atoms. The van der Waals surface area contributed by atoms with Gasteiger partial charge in [0.25, 0.3) is 0 Å². The monoisotopic (exact) mass is 416 g/mol. The van der Waals surface area contributed by atoms with Gasteiger partial charge in [-0.15, -0.1) is 0 Å². The molecule has 0 amide bonds. The van der Waals surface area contributed by atoms with Crippen LogP contribution in [0.2, 0.25) is 6.04 Å². The highest BCUT2D eigenvalue weighted by atomic mass is 79.9. The number of benzene rings is 1. The fourth-order valence-corrected chi connectivity index (χ4v) is 4.85. The van der Waals surface area contributed by atoms with Crippen LogP contribution in [-0.4, -0.2) is 9.52 Å². The largest absolute Gasteiger partial charge is 0.0876 e. The predicted octanol–water partition coefficient (Wildman–Crippen LogP) is 5.83. The Kier molecular flexibility index (Phi) is 10.2. The smallest absolute Gasteiger partial charge is 0.0815 e. The summed E-state index contributed by atoms with van der Waals surface area (Å²) in [5, 5.41) is 3.49. The van der Waals surface area contributed by atoms with E-state index in [1.807, 2.05) is 0 Å². The number of hydrogen-bond acceptors (Lipinski definition) is 0. The highest BCUT2D eigenvalue weighted by Crippen LogP contribution is 2.15. The van der Waals surface area contributed by atoms with Gasteiger partial charge in [0, 0.05) is 10.7 Å². The molecule has 0 aliphatic heterocycles. The molecular weight excluding hydrogens is 392 g/mol. The molecule has 1 atom stereocenters. The fraction of sp³-hybridized carbons (Fsp3) is 0.647. The molecule has 0 nitrogen and oxygen atoms in total. The van der Waals surface area contributed by atoms with Gasteiger partial charge in [0.15, 0.2) is 0 Å². The van der Waals surface area contributed by atoms with Crippen molar-refractivity contribution in [2.75, 3.05) is 0 Å². The van der Waals surface area contributed by atoms with Gasteiger partial charge in [-0.2, -0.15) is 0 Å². The first kappa shape index (κ1) is 18.4. The second kappa shape index (κ2) is 11.0. The first-order valence-electron chi connectivity index (χ1n) is 7.68. The quantitative estimate of drug-likeness (QED) is 0.255. The fourth-order valence-electron chi connectivity index (χ4n) is 2.29. The standard InChI is InChI=1S/C17H26Br2Si/c1-3-4-5-6-7-14(2)13-20-17-10-15(11-18)8-9-16(17)12-19/h8-10,14H,3-7,11-13H2,1-2H3. The van der Waals surface area contributed by atoms with E-state index in [0.29, 0.717) is 0 Å². The van der Waals surface area contributed by atoms with Crippen molar-refractivity contribution in [3.8, 4) is 0 Å². The van der Waals surface area contributed by atoms with Crippen molar-refractivity contribution in [1.29, 1.82) is 0 Å². The Labute approximate surface area is 144 Å². The molecule has 0 aromatic heterocycles. The zero-order valence-electron chi connectivity index (χ0n) is 12.7. The Morgan fingerprint density at radius 3 is 2.55 bits per heavy atom. The van der Waals surface area contributed by atoms with Crippen molar-refractivity contribution in [3.63, 3.8) is 0 Å². The van der Waals surface area contributed by atoms with E-state index in [1.54, 1.807) is 5.19 Å². The third-order valence-electron chi connectivity index (χ3n) is 3.66. The van der Waals surface area contributed by atoms with E-state index in [-0.39, 0.29) is 0 Å². The second-order valence-corrected chi connectivity index (χ2v) is 8.02. The molecule has 1 aromatic carbocycles. The number of rotatable bonds is 10. The van der Waals surface area contributed by atoms with Crippen LogP contribution in [0.1, 0.15) is 57.1 Å². The molecule has 0 spiro atoms. The predicted molar refractivity (Wildman–Crippen MR) is 99.8 cm³/mol. The highest BCUT2D eigenvalue weighted by Gasteiger charge is 2.08. The summed E-state index contributed by atoms with van der Waals surface area (Å²) >= 11 is 7.17. The lowest BCUT2D eigenvalue weighted by atomic mass is 10.0. The van der Waals surface area contributed by atoms with Gasteiger partial charge >= 0.3 is 0 Å². The summed E-state index contributed by atoms with van der Waals surface area (Å²) < 4.78 is 0. The summed E-state index contributed by atoms with van der Waals surface area (Å²) in [5.41, 5.74) is 2.86. The number of halogens is 2. The third-order valence-corrected chi connectivity index (χ3v) is 6.66. The topological polar surface area (TPSA) is 0 Å². The van der Waals surface area contributed by atoms with Crippen molar-refractivity contribution in [3.05, 3.63) is 29.3 Å². The van der Waals surface area contributed by atoms with Gasteiger partial charge in [0.2, 0.25) is 0 Å². The highest BCUT2D eigenvalue weighted by molar-refractivity contribution is 9.08. The van der Waals surface area contributed by atoms with Crippen LogP contribution in [0.25, 0.3) is 0 Å². The van der Waals surface area contributed by atoms with Gasteiger partial charge in [-0.25, -0.2) is 0 Å². The minimum atomic E-state index is 0.862. The van der Waals surface area contributed by atoms with Crippen molar-refractivity contribution in [2.24, 2.45) is 5.92 Å². The van der Waals surface area contributed by atoms with Gasteiger partial charge in [-0.3, -0.25) is 0 Å². The molecule has 0 saturated heterocycles. The molecule has 0 fully saturated rings. The van der Waals surface area contributed by atoms with Crippen LogP contribution in [0.3, 0.4) is 0 Å². The summed E-state index contributed by atoms with van der Waals surface area (Å²) in [7, 11) is 0.951. The van der Waals surface area contributed by atoms with Crippen LogP contribution >= 0.6 is 31.9 Å². The van der Waals surface area contributed by atoms with E-state index < -0.39 is 0 Å². The SMILES string of the molecule is CCCCCCC(C)C[Si]c1cc(CBr)ccc1CBr. The van der Waals surface area contributed by atoms with Gasteiger partial charge in [0.1, 0.15) is 0 Å². The van der Waals surface area contributed by atoms with Crippen LogP contribution in [0.4, 0.5) is 0 Å². The minimum absolute atomic E-state index is 0.862. The van der Waals surface area contributed by atoms with E-state index in [2.05, 4.69) is 63.9 Å². The molecule has 0 N–H and O–H groups in total. The Morgan fingerprint density at radius 2 is 1.90 bits per heavy atom. The van der Waals surface area contributed by atoms with E-state index in [0.717, 1.165) is 26.1 Å². The minimum Gasteiger partial charge on any atom is -0.0876 e. The Morgan fingerprint density at radius 1 is 1.10 bits per heavy atom. The number of alkyl halides is 2. The lowest BCUT2D eigenvalue weighted by Crippen LogP contribution is -2.21. The van der Waals surface area contributed by atoms with E-state index in [1.165, 1.54) is 49.3 Å². The lowest BCUT2D eigenvalue weighted by Gasteiger charge is -2.13. The van der Waals surface area contributed by atoms with E-state index in [4.69, 9.17) is 0 Å². The summed E-state index contributed by atoms with van der Waals surface area (Å²) in [6.45, 7) is 4.70. The van der Waals surface area contributed by atoms with Crippen LogP contribution in [0, 0.1) is 5.92 Å². The molecule has 1 unspecified atom stereocenters. The molecule has 1 aromatic rings. The first-order chi connectivity index (χ1) is 9.71. The van der Waals surface area contributed by atoms with Crippen LogP contribution < -0.4 is 5.19 Å². The zero-order valence-corrected chi connectivity index (χ0v) is 16.9. The van der Waals surface area contributed by atoms with Crippen LogP contribution in [0.15, 0.2) is 18.2 Å². The lowest BCUT2D eigenvalue weighted by molar-refractivity contribution is 0.524. The Bertz CT molecular complexity index is 379. The maximum absolute atomic E-state index is 3.61. The van der Waals surface area contributed by atoms with Gasteiger partial charge < -0.3 is 0 Å². The molecule has 1 rings (SSSR count). The van der Waals surface area contributed by atoms with E-state index in [9.17, 15) is 0 Å². The van der Waals surface area contributed by atoms with Crippen LogP contribution in [0.5, 0.6) is 0 Å². The van der Waals surface area contributed by atoms with Gasteiger partial charge in [-0.05, 0) is 17.0 Å². The van der Waals surface area contributed by atoms with Crippen molar-refractivity contribution < 1.29 is 0 Å². The Hall–Kier alpha value is 0.397. The molecule has 0 aliphatic rings. The van der Waals surface area contributed by atoms with Gasteiger partial charge in [0.05, 0.1) is 9.52 Å². The van der Waals surface area contributed by atoms with Crippen LogP contribution in [-0.2, 0) is 10.7 Å². The molecule has 0 aliphatic carbocycles. The summed E-state index contributed by atoms with van der Waals surface area (Å²) in [6.07, 6.45) is 6.96. The average molecular weight is 418 g/mol. The molecule has 112 valence electrons. The summed E-state index contributed by atoms with van der Waals surface area (Å²) in [5.74, 6) is 0.862. The van der Waals surface area contributed by atoms with Crippen molar-refractivity contribution >= 4 is 46.6 Å².